The van der Waals surface area contributed by atoms with E-state index < -0.39 is 180 Å². The van der Waals surface area contributed by atoms with E-state index in [1.165, 1.54) is 64.1 Å². The van der Waals surface area contributed by atoms with Crippen LogP contribution in [0.4, 0.5) is 0 Å². The summed E-state index contributed by atoms with van der Waals surface area (Å²) >= 11 is 3.77. The number of para-hydroxylation sites is 1. The summed E-state index contributed by atoms with van der Waals surface area (Å²) < 4.78 is 0. The van der Waals surface area contributed by atoms with Gasteiger partial charge in [-0.05, 0) is 110 Å². The number of phenolic OH excluding ortho intramolecular Hbond substituents is 1. The molecule has 4 bridgehead atoms. The van der Waals surface area contributed by atoms with Gasteiger partial charge in [0.25, 0.3) is 0 Å². The normalized spacial score (nSPS) is 25.6. The van der Waals surface area contributed by atoms with Gasteiger partial charge in [-0.25, -0.2) is 0 Å². The molecule has 4 aromatic carbocycles. The average Bonchev–Trinajstić information content (AvgIpc) is 1.76. The Morgan fingerprint density at radius 1 is 0.558 bits per heavy atom. The molecule has 13 amide bonds. The summed E-state index contributed by atoms with van der Waals surface area (Å²) in [5.41, 5.74) is 10.6. The Hall–Kier alpha value is -10.2. The van der Waals surface area contributed by atoms with Crippen LogP contribution in [0.1, 0.15) is 113 Å². The van der Waals surface area contributed by atoms with Gasteiger partial charge in [0, 0.05) is 84.0 Å². The maximum absolute atomic E-state index is 15.3. The van der Waals surface area contributed by atoms with Crippen molar-refractivity contribution in [2.24, 2.45) is 17.6 Å². The molecule has 16 N–H and O–H groups in total. The number of primary amides is 1. The van der Waals surface area contributed by atoms with E-state index in [0.717, 1.165) is 5.56 Å². The first-order chi connectivity index (χ1) is 54.0. The van der Waals surface area contributed by atoms with Crippen LogP contribution in [0.15, 0.2) is 103 Å². The van der Waals surface area contributed by atoms with E-state index in [1.807, 2.05) is 36.4 Å². The maximum atomic E-state index is 15.3. The SMILES string of the molecule is CCC(C)C1NC(=O)C2CCCN2C(=O)C(Cc2ccccc2)NC(=O)C(CC(=O)O)NC(=O)C(C)NC(=O)C2CSCc3cc(cc(c3)CSCC(NC(=O)C(C)NC)C(=O)NC(C(C)C)C(=O)N3CCCC3C(=O)N2)CSCC(C(N)=O)NC(=O)C(Cc2ccc(O)cc2)NC(=O)C(Cc2c[nH]c3ccccc23)NC1=O. The van der Waals surface area contributed by atoms with Crippen molar-refractivity contribution in [2.45, 2.75) is 195 Å². The predicted octanol–water partition coefficient (Wildman–Crippen LogP) is 1.45. The molecular formula is C79H103N15O16S3. The van der Waals surface area contributed by atoms with Gasteiger partial charge in [-0.1, -0.05) is 113 Å². The van der Waals surface area contributed by atoms with Crippen LogP contribution in [0, 0.1) is 11.8 Å². The number of H-pyrrole nitrogens is 1. The third-order valence-corrected chi connectivity index (χ3v) is 23.9. The topological polar surface area (TPSA) is 460 Å². The van der Waals surface area contributed by atoms with Gasteiger partial charge < -0.3 is 89.2 Å². The van der Waals surface area contributed by atoms with Gasteiger partial charge in [-0.15, -0.1) is 0 Å². The number of benzene rings is 4. The predicted molar refractivity (Wildman–Crippen MR) is 428 cm³/mol. The Balaban J connectivity index is 1.11. The summed E-state index contributed by atoms with van der Waals surface area (Å²) in [5, 5.41) is 51.8. The second-order valence-electron chi connectivity index (χ2n) is 29.5. The van der Waals surface area contributed by atoms with E-state index in [0.29, 0.717) is 58.0 Å². The van der Waals surface area contributed by atoms with E-state index in [2.05, 4.69) is 63.5 Å². The molecule has 5 heterocycles. The average molecular weight is 1610 g/mol. The van der Waals surface area contributed by atoms with E-state index in [4.69, 9.17) is 5.73 Å². The molecule has 0 radical (unpaired) electrons. The first kappa shape index (κ1) is 86.8. The van der Waals surface area contributed by atoms with E-state index >= 15 is 14.4 Å². The lowest BCUT2D eigenvalue weighted by Crippen LogP contribution is -2.61. The zero-order valence-electron chi connectivity index (χ0n) is 64.3. The number of carboxylic acid groups (broad SMARTS) is 1. The van der Waals surface area contributed by atoms with Crippen molar-refractivity contribution in [3.8, 4) is 5.75 Å². The number of amides is 13. The van der Waals surface area contributed by atoms with Crippen LogP contribution in [-0.4, -0.2) is 224 Å². The number of hydrogen-bond donors (Lipinski definition) is 15. The minimum Gasteiger partial charge on any atom is -0.508 e. The number of aliphatic carboxylic acids is 1. The zero-order chi connectivity index (χ0) is 81.7. The molecule has 4 aliphatic rings. The first-order valence-electron chi connectivity index (χ1n) is 38.0. The van der Waals surface area contributed by atoms with Gasteiger partial charge >= 0.3 is 5.97 Å². The molecule has 1 aromatic heterocycles. The van der Waals surface area contributed by atoms with Crippen molar-refractivity contribution >= 4 is 129 Å². The Labute approximate surface area is 668 Å². The fourth-order valence-electron chi connectivity index (χ4n) is 13.9. The highest BCUT2D eigenvalue weighted by molar-refractivity contribution is 7.99. The minimum atomic E-state index is -1.88. The van der Waals surface area contributed by atoms with Crippen LogP contribution in [0.2, 0.25) is 0 Å². The van der Waals surface area contributed by atoms with Crippen LogP contribution in [0.3, 0.4) is 0 Å². The molecule has 34 heteroatoms. The Morgan fingerprint density at radius 2 is 1.09 bits per heavy atom. The number of carbonyl (C=O) groups excluding carboxylic acids is 13. The number of nitrogens with two attached hydrogens (primary N) is 1. The summed E-state index contributed by atoms with van der Waals surface area (Å²) in [4.78, 5) is 209. The third-order valence-electron chi connectivity index (χ3n) is 20.6. The van der Waals surface area contributed by atoms with Crippen LogP contribution >= 0.6 is 35.3 Å². The van der Waals surface area contributed by atoms with Crippen LogP contribution in [-0.2, 0) is 104 Å². The van der Waals surface area contributed by atoms with Crippen molar-refractivity contribution in [1.82, 2.24) is 73.3 Å². The van der Waals surface area contributed by atoms with Crippen molar-refractivity contribution in [1.29, 1.82) is 0 Å². The zero-order valence-corrected chi connectivity index (χ0v) is 66.8. The monoisotopic (exact) mass is 1610 g/mol. The molecule has 2 saturated heterocycles. The quantitative estimate of drug-likeness (QED) is 0.0705. The number of likely N-dealkylation sites (N-methyl/N-ethyl adjacent to an activating group) is 1. The molecule has 0 aliphatic carbocycles. The highest BCUT2D eigenvalue weighted by Gasteiger charge is 2.44. The van der Waals surface area contributed by atoms with Crippen LogP contribution < -0.4 is 64.2 Å². The molecule has 113 heavy (non-hydrogen) atoms. The van der Waals surface area contributed by atoms with Gasteiger partial charge in [0.15, 0.2) is 0 Å². The van der Waals surface area contributed by atoms with Gasteiger partial charge in [-0.2, -0.15) is 35.3 Å². The molecule has 31 nitrogen and oxygen atoms in total. The fourth-order valence-corrected chi connectivity index (χ4v) is 16.9. The molecule has 14 atom stereocenters. The Morgan fingerprint density at radius 3 is 1.71 bits per heavy atom. The molecule has 5 aromatic rings. The molecule has 14 unspecified atom stereocenters. The highest BCUT2D eigenvalue weighted by atomic mass is 32.2. The number of thioether (sulfide) groups is 3. The second kappa shape index (κ2) is 41.0. The summed E-state index contributed by atoms with van der Waals surface area (Å²) in [6.07, 6.45) is 1.38. The number of aromatic hydroxyl groups is 1. The number of carboxylic acids is 1. The number of nitrogens with zero attached hydrogens (tertiary/aromatic N) is 2. The summed E-state index contributed by atoms with van der Waals surface area (Å²) in [7, 11) is 1.59. The molecule has 9 rings (SSSR count). The Bertz CT molecular complexity index is 4290. The molecule has 4 aliphatic heterocycles. The summed E-state index contributed by atoms with van der Waals surface area (Å²) in [6, 6.07) is 9.93. The van der Waals surface area contributed by atoms with Gasteiger partial charge in [0.05, 0.1) is 12.5 Å². The molecule has 0 spiro atoms. The maximum Gasteiger partial charge on any atom is 0.305 e. The van der Waals surface area contributed by atoms with E-state index in [1.54, 1.807) is 96.4 Å². The van der Waals surface area contributed by atoms with E-state index in [9.17, 15) is 63.0 Å². The number of aromatic amines is 1. The molecular weight excluding hydrogens is 1510 g/mol. The smallest absolute Gasteiger partial charge is 0.305 e. The number of hydrogen-bond acceptors (Lipinski definition) is 19. The molecule has 0 saturated carbocycles. The summed E-state index contributed by atoms with van der Waals surface area (Å²) in [5.74, 6) is -12.7. The van der Waals surface area contributed by atoms with Crippen molar-refractivity contribution in [2.75, 3.05) is 37.4 Å². The van der Waals surface area contributed by atoms with E-state index in [-0.39, 0.29) is 85.5 Å². The lowest BCUT2D eigenvalue weighted by molar-refractivity contribution is -0.144. The molecule has 608 valence electrons. The van der Waals surface area contributed by atoms with Crippen LogP contribution in [0.25, 0.3) is 10.9 Å². The number of carbonyl (C=O) groups is 14. The lowest BCUT2D eigenvalue weighted by atomic mass is 9.96. The number of nitrogens with one attached hydrogen (secondary N) is 12. The van der Waals surface area contributed by atoms with Gasteiger partial charge in [0.2, 0.25) is 76.8 Å². The number of aromatic nitrogens is 1. The van der Waals surface area contributed by atoms with Gasteiger partial charge in [0.1, 0.15) is 78.3 Å². The first-order valence-corrected chi connectivity index (χ1v) is 41.5. The van der Waals surface area contributed by atoms with Crippen molar-refractivity contribution < 1.29 is 77.3 Å². The minimum absolute atomic E-state index is 0.00122. The number of fused-ring (bicyclic) bond motifs is 8. The largest absolute Gasteiger partial charge is 0.508 e. The van der Waals surface area contributed by atoms with Crippen molar-refractivity contribution in [3.05, 3.63) is 137 Å². The van der Waals surface area contributed by atoms with Crippen LogP contribution in [0.5, 0.6) is 5.75 Å². The summed E-state index contributed by atoms with van der Waals surface area (Å²) in [6.45, 7) is 9.96. The number of rotatable bonds is 15. The standard InChI is InChI=1S/C79H103N15O16S3/c1-8-43(4)66-77(108)86-56(33-51-35-82-54-19-13-12-18-53(51)54)71(102)85-55(31-47-22-24-52(95)25-23-47)70(101)88-59(67(80)98)39-111-36-48-28-49-30-50(29-48)38-113-41-61(89-68(99)44(5)81-7)74(105)91-65(42(2)3)79(110)94-27-15-20-62(94)75(106)90-60(40-112-37-49)73(104)83-45(6)69(100)84-57(34-64(96)97)72(103)87-58(32-46-16-10-9-11-17-46)78(109)93-26-14-21-63(93)76(107)92-66/h9-13,16-19,22-25,28-30,35,42-45,55-63,65-66,81-82,95H,8,14-15,20-21,26-27,31-34,36-41H2,1-7H3,(H2,80,98)(H,83,104)(H,84,100)(H,85,102)(H,86,108)(H,87,103)(H,88,101)(H,89,99)(H,90,106)(H,91,105)(H,92,107)(H,96,97). The molecule has 2 fully saturated rings. The third kappa shape index (κ3) is 23.9. The highest BCUT2D eigenvalue weighted by Crippen LogP contribution is 2.28. The lowest BCUT2D eigenvalue weighted by Gasteiger charge is -2.32. The Kier molecular flexibility index (Phi) is 31.5. The fraction of sp³-hybridized carbons (Fsp3) is 0.494. The van der Waals surface area contributed by atoms with Crippen molar-refractivity contribution in [3.63, 3.8) is 0 Å². The second-order valence-corrected chi connectivity index (χ2v) is 32.6. The number of phenols is 1. The van der Waals surface area contributed by atoms with Gasteiger partial charge in [-0.3, -0.25) is 67.1 Å².